The highest BCUT2D eigenvalue weighted by molar-refractivity contribution is 5.56. The van der Waals surface area contributed by atoms with Crippen LogP contribution in [0.2, 0.25) is 0 Å². The van der Waals surface area contributed by atoms with Gasteiger partial charge in [0.1, 0.15) is 0 Å². The minimum Gasteiger partial charge on any atom is -0.366 e. The van der Waals surface area contributed by atoms with Crippen LogP contribution in [-0.4, -0.2) is 25.2 Å². The van der Waals surface area contributed by atoms with E-state index in [2.05, 4.69) is 24.1 Å². The molecule has 5 heteroatoms. The van der Waals surface area contributed by atoms with Crippen LogP contribution in [0.4, 0.5) is 18.9 Å². The van der Waals surface area contributed by atoms with Crippen molar-refractivity contribution in [2.45, 2.75) is 51.9 Å². The van der Waals surface area contributed by atoms with Crippen molar-refractivity contribution in [3.05, 3.63) is 29.3 Å². The van der Waals surface area contributed by atoms with Crippen LogP contribution in [0.15, 0.2) is 18.2 Å². The molecule has 0 spiro atoms. The minimum absolute atomic E-state index is 0.195. The van der Waals surface area contributed by atoms with Crippen molar-refractivity contribution in [1.82, 2.24) is 5.32 Å². The maximum absolute atomic E-state index is 12.9. The molecule has 1 saturated heterocycles. The molecule has 0 aromatic heterocycles. The van der Waals surface area contributed by atoms with Crippen molar-refractivity contribution in [3.8, 4) is 0 Å². The van der Waals surface area contributed by atoms with Crippen molar-refractivity contribution in [1.29, 1.82) is 0 Å². The van der Waals surface area contributed by atoms with Crippen LogP contribution < -0.4 is 10.2 Å². The molecule has 1 heterocycles. The predicted molar refractivity (Wildman–Crippen MR) is 79.7 cm³/mol. The van der Waals surface area contributed by atoms with Crippen molar-refractivity contribution in [2.24, 2.45) is 0 Å². The molecule has 118 valence electrons. The number of rotatable bonds is 3. The topological polar surface area (TPSA) is 15.3 Å². The number of alkyl halides is 3. The Kier molecular flexibility index (Phi) is 4.81. The molecule has 2 nitrogen and oxygen atoms in total. The summed E-state index contributed by atoms with van der Waals surface area (Å²) < 4.78 is 38.8. The Labute approximate surface area is 124 Å². The first-order valence-corrected chi connectivity index (χ1v) is 7.50. The van der Waals surface area contributed by atoms with Gasteiger partial charge in [-0.25, -0.2) is 0 Å². The normalized spacial score (nSPS) is 23.4. The molecule has 1 aliphatic heterocycles. The molecular weight excluding hydrogens is 277 g/mol. The standard InChI is InChI=1S/C16H23F3N2/c1-4-5-14-10-21(12(3)9-20-14)15-8-13(16(17,18)19)7-6-11(15)2/h6-8,12,14,20H,4-5,9-10H2,1-3H3. The summed E-state index contributed by atoms with van der Waals surface area (Å²) in [4.78, 5) is 2.11. The van der Waals surface area contributed by atoms with Crippen molar-refractivity contribution >= 4 is 5.69 Å². The lowest BCUT2D eigenvalue weighted by Gasteiger charge is -2.41. The van der Waals surface area contributed by atoms with Gasteiger partial charge in [-0.15, -0.1) is 0 Å². The molecule has 2 atom stereocenters. The largest absolute Gasteiger partial charge is 0.416 e. The van der Waals surface area contributed by atoms with E-state index in [0.717, 1.165) is 37.6 Å². The molecule has 2 rings (SSSR count). The first-order valence-electron chi connectivity index (χ1n) is 7.50. The van der Waals surface area contributed by atoms with E-state index in [9.17, 15) is 13.2 Å². The number of benzene rings is 1. The zero-order chi connectivity index (χ0) is 15.6. The van der Waals surface area contributed by atoms with E-state index < -0.39 is 11.7 Å². The number of hydrogen-bond donors (Lipinski definition) is 1. The van der Waals surface area contributed by atoms with Crippen LogP contribution in [0, 0.1) is 6.92 Å². The number of anilines is 1. The van der Waals surface area contributed by atoms with E-state index in [1.807, 2.05) is 6.92 Å². The summed E-state index contributed by atoms with van der Waals surface area (Å²) in [7, 11) is 0. The van der Waals surface area contributed by atoms with E-state index >= 15 is 0 Å². The maximum Gasteiger partial charge on any atom is 0.416 e. The maximum atomic E-state index is 12.9. The van der Waals surface area contributed by atoms with Crippen molar-refractivity contribution in [2.75, 3.05) is 18.0 Å². The van der Waals surface area contributed by atoms with Gasteiger partial charge in [0.15, 0.2) is 0 Å². The van der Waals surface area contributed by atoms with Gasteiger partial charge in [-0.05, 0) is 38.0 Å². The molecule has 2 unspecified atom stereocenters. The monoisotopic (exact) mass is 300 g/mol. The van der Waals surface area contributed by atoms with Crippen molar-refractivity contribution < 1.29 is 13.2 Å². The SMILES string of the molecule is CCCC1CN(c2cc(C(F)(F)F)ccc2C)C(C)CN1. The first-order chi connectivity index (χ1) is 9.82. The summed E-state index contributed by atoms with van der Waals surface area (Å²) in [6.45, 7) is 7.62. The fourth-order valence-electron chi connectivity index (χ4n) is 2.90. The molecule has 1 aromatic rings. The lowest BCUT2D eigenvalue weighted by atomic mass is 10.0. The quantitative estimate of drug-likeness (QED) is 0.908. The third-order valence-electron chi connectivity index (χ3n) is 4.13. The lowest BCUT2D eigenvalue weighted by molar-refractivity contribution is -0.137. The average Bonchev–Trinajstić information content (AvgIpc) is 2.41. The van der Waals surface area contributed by atoms with Crippen LogP contribution in [0.5, 0.6) is 0 Å². The first kappa shape index (κ1) is 16.1. The van der Waals surface area contributed by atoms with Crippen LogP contribution in [-0.2, 0) is 6.18 Å². The summed E-state index contributed by atoms with van der Waals surface area (Å²) in [5.74, 6) is 0. The highest BCUT2D eigenvalue weighted by Gasteiger charge is 2.32. The smallest absolute Gasteiger partial charge is 0.366 e. The Morgan fingerprint density at radius 1 is 1.33 bits per heavy atom. The molecule has 1 aliphatic rings. The van der Waals surface area contributed by atoms with Crippen molar-refractivity contribution in [3.63, 3.8) is 0 Å². The number of piperazine rings is 1. The van der Waals surface area contributed by atoms with Crippen LogP contribution in [0.1, 0.15) is 37.8 Å². The van der Waals surface area contributed by atoms with Crippen LogP contribution >= 0.6 is 0 Å². The number of hydrogen-bond acceptors (Lipinski definition) is 2. The number of aryl methyl sites for hydroxylation is 1. The van der Waals surface area contributed by atoms with E-state index in [-0.39, 0.29) is 6.04 Å². The highest BCUT2D eigenvalue weighted by atomic mass is 19.4. The Morgan fingerprint density at radius 3 is 2.67 bits per heavy atom. The van der Waals surface area contributed by atoms with Gasteiger partial charge >= 0.3 is 6.18 Å². The number of halogens is 3. The Hall–Kier alpha value is -1.23. The fraction of sp³-hybridized carbons (Fsp3) is 0.625. The molecular formula is C16H23F3N2. The average molecular weight is 300 g/mol. The van der Waals surface area contributed by atoms with E-state index in [0.29, 0.717) is 11.7 Å². The van der Waals surface area contributed by atoms with E-state index in [1.54, 1.807) is 6.07 Å². The minimum atomic E-state index is -4.29. The molecule has 21 heavy (non-hydrogen) atoms. The van der Waals surface area contributed by atoms with Gasteiger partial charge < -0.3 is 10.2 Å². The Morgan fingerprint density at radius 2 is 2.05 bits per heavy atom. The molecule has 0 bridgehead atoms. The molecule has 0 amide bonds. The van der Waals surface area contributed by atoms with Crippen LogP contribution in [0.3, 0.4) is 0 Å². The molecule has 1 N–H and O–H groups in total. The van der Waals surface area contributed by atoms with E-state index in [1.165, 1.54) is 6.07 Å². The summed E-state index contributed by atoms with van der Waals surface area (Å²) in [5.41, 5.74) is 1.04. The number of nitrogens with one attached hydrogen (secondary N) is 1. The van der Waals surface area contributed by atoms with Gasteiger partial charge in [-0.1, -0.05) is 19.4 Å². The third kappa shape index (κ3) is 3.70. The van der Waals surface area contributed by atoms with Gasteiger partial charge in [-0.2, -0.15) is 13.2 Å². The Balaban J connectivity index is 2.30. The zero-order valence-electron chi connectivity index (χ0n) is 12.8. The highest BCUT2D eigenvalue weighted by Crippen LogP contribution is 2.34. The van der Waals surface area contributed by atoms with Gasteiger partial charge in [0.05, 0.1) is 5.56 Å². The summed E-state index contributed by atoms with van der Waals surface area (Å²) >= 11 is 0. The Bertz CT molecular complexity index is 485. The predicted octanol–water partition coefficient (Wildman–Crippen LogP) is 3.98. The molecule has 1 fully saturated rings. The molecule has 0 aliphatic carbocycles. The fourth-order valence-corrected chi connectivity index (χ4v) is 2.90. The summed E-state index contributed by atoms with van der Waals surface area (Å²) in [5, 5.41) is 3.47. The summed E-state index contributed by atoms with van der Waals surface area (Å²) in [6.07, 6.45) is -2.18. The second-order valence-corrected chi connectivity index (χ2v) is 5.89. The zero-order valence-corrected chi connectivity index (χ0v) is 12.8. The van der Waals surface area contributed by atoms with Gasteiger partial charge in [0.25, 0.3) is 0 Å². The third-order valence-corrected chi connectivity index (χ3v) is 4.13. The number of nitrogens with zero attached hydrogens (tertiary/aromatic N) is 1. The van der Waals surface area contributed by atoms with Gasteiger partial charge in [0.2, 0.25) is 0 Å². The van der Waals surface area contributed by atoms with Crippen LogP contribution in [0.25, 0.3) is 0 Å². The van der Waals surface area contributed by atoms with E-state index in [4.69, 9.17) is 0 Å². The lowest BCUT2D eigenvalue weighted by Crippen LogP contribution is -2.55. The van der Waals surface area contributed by atoms with Gasteiger partial charge in [0, 0.05) is 30.9 Å². The molecule has 0 saturated carbocycles. The summed E-state index contributed by atoms with van der Waals surface area (Å²) in [6, 6.07) is 4.57. The second-order valence-electron chi connectivity index (χ2n) is 5.89. The molecule has 0 radical (unpaired) electrons. The second kappa shape index (κ2) is 6.26. The van der Waals surface area contributed by atoms with Gasteiger partial charge in [-0.3, -0.25) is 0 Å². The molecule has 1 aromatic carbocycles.